The average Bonchev–Trinajstić information content (AvgIpc) is 2.18. The highest BCUT2D eigenvalue weighted by atomic mass is 19.1. The lowest BCUT2D eigenvalue weighted by Gasteiger charge is -2.27. The van der Waals surface area contributed by atoms with Gasteiger partial charge in [-0.2, -0.15) is 4.39 Å². The van der Waals surface area contributed by atoms with E-state index in [0.717, 1.165) is 18.7 Å². The van der Waals surface area contributed by atoms with Gasteiger partial charge >= 0.3 is 0 Å². The van der Waals surface area contributed by atoms with Crippen LogP contribution in [0.5, 0.6) is 0 Å². The fraction of sp³-hybridized carbons (Fsp3) is 0.500. The summed E-state index contributed by atoms with van der Waals surface area (Å²) in [5.74, 6) is 0.303. The Morgan fingerprint density at radius 1 is 1.36 bits per heavy atom. The molecular weight excluding hydrogens is 183 g/mol. The van der Waals surface area contributed by atoms with Gasteiger partial charge in [0.1, 0.15) is 5.82 Å². The van der Waals surface area contributed by atoms with E-state index in [4.69, 9.17) is 4.74 Å². The van der Waals surface area contributed by atoms with Gasteiger partial charge in [0.25, 0.3) is 0 Å². The van der Waals surface area contributed by atoms with Crippen molar-refractivity contribution in [1.82, 2.24) is 4.98 Å². The molecule has 1 aromatic heterocycles. The first-order valence-electron chi connectivity index (χ1n) is 4.72. The molecule has 0 saturated carbocycles. The number of hydrogen-bond acceptors (Lipinski definition) is 3. The molecule has 1 aliphatic rings. The number of hydrogen-bond donors (Lipinski definition) is 0. The number of morpholine rings is 1. The van der Waals surface area contributed by atoms with Gasteiger partial charge in [-0.1, -0.05) is 0 Å². The first-order valence-corrected chi connectivity index (χ1v) is 4.72. The van der Waals surface area contributed by atoms with E-state index in [1.54, 1.807) is 0 Å². The third kappa shape index (κ3) is 2.01. The Kier molecular flexibility index (Phi) is 2.63. The Bertz CT molecular complexity index is 304. The van der Waals surface area contributed by atoms with Crippen LogP contribution in [-0.4, -0.2) is 31.3 Å². The average molecular weight is 196 g/mol. The molecule has 14 heavy (non-hydrogen) atoms. The monoisotopic (exact) mass is 196 g/mol. The van der Waals surface area contributed by atoms with Crippen LogP contribution in [-0.2, 0) is 4.74 Å². The molecule has 2 rings (SSSR count). The smallest absolute Gasteiger partial charge is 0.215 e. The second kappa shape index (κ2) is 3.92. The van der Waals surface area contributed by atoms with Crippen molar-refractivity contribution in [3.63, 3.8) is 0 Å². The zero-order valence-corrected chi connectivity index (χ0v) is 8.16. The number of nitrogens with zero attached hydrogens (tertiary/aromatic N) is 2. The molecule has 0 N–H and O–H groups in total. The second-order valence-electron chi connectivity index (χ2n) is 3.42. The normalized spacial score (nSPS) is 17.1. The lowest BCUT2D eigenvalue weighted by Crippen LogP contribution is -2.36. The molecule has 1 saturated heterocycles. The van der Waals surface area contributed by atoms with E-state index in [9.17, 15) is 4.39 Å². The van der Waals surface area contributed by atoms with Gasteiger partial charge < -0.3 is 9.64 Å². The molecule has 0 radical (unpaired) electrons. The fourth-order valence-electron chi connectivity index (χ4n) is 1.56. The van der Waals surface area contributed by atoms with E-state index in [1.807, 2.05) is 17.9 Å². The summed E-state index contributed by atoms with van der Waals surface area (Å²) in [6.07, 6.45) is 0. The summed E-state index contributed by atoms with van der Waals surface area (Å²) >= 11 is 0. The Morgan fingerprint density at radius 2 is 2.07 bits per heavy atom. The Labute approximate surface area is 82.5 Å². The molecule has 0 amide bonds. The van der Waals surface area contributed by atoms with Crippen LogP contribution in [0, 0.1) is 12.9 Å². The Balaban J connectivity index is 2.21. The van der Waals surface area contributed by atoms with Crippen LogP contribution in [0.3, 0.4) is 0 Å². The summed E-state index contributed by atoms with van der Waals surface area (Å²) in [7, 11) is 0. The molecule has 1 aromatic rings. The molecule has 76 valence electrons. The molecule has 0 aliphatic carbocycles. The van der Waals surface area contributed by atoms with Crippen molar-refractivity contribution >= 4 is 5.82 Å². The summed E-state index contributed by atoms with van der Waals surface area (Å²) < 4.78 is 18.2. The third-order valence-electron chi connectivity index (χ3n) is 2.26. The van der Waals surface area contributed by atoms with E-state index >= 15 is 0 Å². The van der Waals surface area contributed by atoms with E-state index in [2.05, 4.69) is 4.98 Å². The molecule has 1 fully saturated rings. The molecule has 0 unspecified atom stereocenters. The van der Waals surface area contributed by atoms with Gasteiger partial charge in [-0.15, -0.1) is 0 Å². The van der Waals surface area contributed by atoms with Crippen LogP contribution in [0.4, 0.5) is 10.2 Å². The summed E-state index contributed by atoms with van der Waals surface area (Å²) in [5.41, 5.74) is 0.902. The van der Waals surface area contributed by atoms with E-state index in [-0.39, 0.29) is 0 Å². The Morgan fingerprint density at radius 3 is 2.71 bits per heavy atom. The van der Waals surface area contributed by atoms with Crippen molar-refractivity contribution in [2.45, 2.75) is 6.92 Å². The SMILES string of the molecule is Cc1cc(F)nc(N2CCOCC2)c1. The maximum atomic E-state index is 13.0. The molecule has 1 aliphatic heterocycles. The van der Waals surface area contributed by atoms with Crippen LogP contribution in [0.2, 0.25) is 0 Å². The lowest BCUT2D eigenvalue weighted by atomic mass is 10.3. The van der Waals surface area contributed by atoms with Crippen LogP contribution >= 0.6 is 0 Å². The highest BCUT2D eigenvalue weighted by molar-refractivity contribution is 5.41. The fourth-order valence-corrected chi connectivity index (χ4v) is 1.56. The summed E-state index contributed by atoms with van der Waals surface area (Å²) in [6, 6.07) is 3.33. The maximum absolute atomic E-state index is 13.0. The number of pyridine rings is 1. The molecule has 0 atom stereocenters. The highest BCUT2D eigenvalue weighted by Crippen LogP contribution is 2.15. The number of rotatable bonds is 1. The van der Waals surface area contributed by atoms with Gasteiger partial charge in [-0.05, 0) is 24.6 Å². The molecule has 4 heteroatoms. The topological polar surface area (TPSA) is 25.4 Å². The van der Waals surface area contributed by atoms with Gasteiger partial charge in [0, 0.05) is 13.1 Å². The minimum Gasteiger partial charge on any atom is -0.378 e. The van der Waals surface area contributed by atoms with E-state index < -0.39 is 5.95 Å². The summed E-state index contributed by atoms with van der Waals surface area (Å²) in [6.45, 7) is 4.83. The van der Waals surface area contributed by atoms with Crippen LogP contribution in [0.25, 0.3) is 0 Å². The first kappa shape index (κ1) is 9.40. The largest absolute Gasteiger partial charge is 0.378 e. The number of aromatic nitrogens is 1. The van der Waals surface area contributed by atoms with Crippen molar-refractivity contribution < 1.29 is 9.13 Å². The number of aryl methyl sites for hydroxylation is 1. The molecular formula is C10H13FN2O. The van der Waals surface area contributed by atoms with Gasteiger partial charge in [-0.25, -0.2) is 4.98 Å². The Hall–Kier alpha value is -1.16. The number of anilines is 1. The molecule has 2 heterocycles. The van der Waals surface area contributed by atoms with Gasteiger partial charge in [-0.3, -0.25) is 0 Å². The molecule has 0 spiro atoms. The number of ether oxygens (including phenoxy) is 1. The molecule has 3 nitrogen and oxygen atoms in total. The van der Waals surface area contributed by atoms with Crippen molar-refractivity contribution in [3.8, 4) is 0 Å². The second-order valence-corrected chi connectivity index (χ2v) is 3.42. The minimum absolute atomic E-state index is 0.411. The number of halogens is 1. The van der Waals surface area contributed by atoms with Crippen molar-refractivity contribution in [3.05, 3.63) is 23.6 Å². The van der Waals surface area contributed by atoms with Crippen molar-refractivity contribution in [2.24, 2.45) is 0 Å². The zero-order chi connectivity index (χ0) is 9.97. The van der Waals surface area contributed by atoms with Gasteiger partial charge in [0.2, 0.25) is 5.95 Å². The molecule has 0 aromatic carbocycles. The van der Waals surface area contributed by atoms with Gasteiger partial charge in [0.05, 0.1) is 13.2 Å². The zero-order valence-electron chi connectivity index (χ0n) is 8.16. The highest BCUT2D eigenvalue weighted by Gasteiger charge is 2.13. The van der Waals surface area contributed by atoms with E-state index in [0.29, 0.717) is 19.0 Å². The lowest BCUT2D eigenvalue weighted by molar-refractivity contribution is 0.122. The standard InChI is InChI=1S/C10H13FN2O/c1-8-6-9(11)12-10(7-8)13-2-4-14-5-3-13/h6-7H,2-5H2,1H3. The summed E-state index contributed by atoms with van der Waals surface area (Å²) in [5, 5.41) is 0. The maximum Gasteiger partial charge on any atom is 0.215 e. The van der Waals surface area contributed by atoms with Crippen LogP contribution in [0.1, 0.15) is 5.56 Å². The minimum atomic E-state index is -0.411. The third-order valence-corrected chi connectivity index (χ3v) is 2.26. The quantitative estimate of drug-likeness (QED) is 0.634. The van der Waals surface area contributed by atoms with Crippen LogP contribution < -0.4 is 4.90 Å². The van der Waals surface area contributed by atoms with Gasteiger partial charge in [0.15, 0.2) is 0 Å². The summed E-state index contributed by atoms with van der Waals surface area (Å²) in [4.78, 5) is 5.90. The first-order chi connectivity index (χ1) is 6.75. The van der Waals surface area contributed by atoms with Crippen LogP contribution in [0.15, 0.2) is 12.1 Å². The van der Waals surface area contributed by atoms with Crippen molar-refractivity contribution in [1.29, 1.82) is 0 Å². The predicted molar refractivity (Wildman–Crippen MR) is 52.0 cm³/mol. The molecule has 0 bridgehead atoms. The van der Waals surface area contributed by atoms with Crippen molar-refractivity contribution in [2.75, 3.05) is 31.2 Å². The predicted octanol–water partition coefficient (Wildman–Crippen LogP) is 1.37. The van der Waals surface area contributed by atoms with E-state index in [1.165, 1.54) is 6.07 Å².